The van der Waals surface area contributed by atoms with Gasteiger partial charge in [0.25, 0.3) is 0 Å². The first kappa shape index (κ1) is 18.3. The van der Waals surface area contributed by atoms with Crippen molar-refractivity contribution in [1.82, 2.24) is 24.7 Å². The monoisotopic (exact) mass is 372 g/mol. The summed E-state index contributed by atoms with van der Waals surface area (Å²) in [5, 5.41) is 0. The third-order valence-electron chi connectivity index (χ3n) is 6.28. The number of carbonyl (C=O) groups is 2. The summed E-state index contributed by atoms with van der Waals surface area (Å²) >= 11 is 0. The molecule has 0 saturated carbocycles. The molecule has 4 rings (SSSR count). The van der Waals surface area contributed by atoms with Gasteiger partial charge in [-0.3, -0.25) is 19.4 Å². The molecule has 0 aliphatic carbocycles. The highest BCUT2D eigenvalue weighted by molar-refractivity contribution is 6.06. The topological polar surface area (TPSA) is 72.9 Å². The maximum atomic E-state index is 13.0. The van der Waals surface area contributed by atoms with E-state index in [1.807, 2.05) is 6.07 Å². The lowest BCUT2D eigenvalue weighted by molar-refractivity contribution is -0.142. The Morgan fingerprint density at radius 3 is 2.30 bits per heavy atom. The number of carbonyl (C=O) groups excluding carboxylic acids is 2. The van der Waals surface area contributed by atoms with Crippen LogP contribution < -0.4 is 4.90 Å². The van der Waals surface area contributed by atoms with Crippen LogP contribution in [0.2, 0.25) is 0 Å². The van der Waals surface area contributed by atoms with E-state index in [9.17, 15) is 9.59 Å². The van der Waals surface area contributed by atoms with Crippen LogP contribution in [0.25, 0.3) is 0 Å². The number of piperazine rings is 1. The van der Waals surface area contributed by atoms with Crippen molar-refractivity contribution in [3.63, 3.8) is 0 Å². The lowest BCUT2D eigenvalue weighted by Crippen LogP contribution is -2.50. The third-order valence-corrected chi connectivity index (χ3v) is 6.28. The number of imide groups is 1. The number of aromatic nitrogens is 2. The van der Waals surface area contributed by atoms with Crippen molar-refractivity contribution < 1.29 is 9.59 Å². The zero-order valence-corrected chi connectivity index (χ0v) is 16.0. The van der Waals surface area contributed by atoms with Crippen molar-refractivity contribution in [2.75, 3.05) is 64.3 Å². The molecule has 0 atom stereocenters. The molecule has 0 N–H and O–H groups in total. The second-order valence-electron chi connectivity index (χ2n) is 7.99. The number of likely N-dealkylation sites (tertiary alicyclic amines) is 2. The molecule has 0 radical (unpaired) electrons. The van der Waals surface area contributed by atoms with Crippen LogP contribution in [-0.4, -0.2) is 95.9 Å². The predicted octanol–water partition coefficient (Wildman–Crippen LogP) is 0.0695. The lowest BCUT2D eigenvalue weighted by atomic mass is 9.77. The molecule has 0 unspecified atom stereocenters. The summed E-state index contributed by atoms with van der Waals surface area (Å²) in [6.45, 7) is 6.57. The Kier molecular flexibility index (Phi) is 5.10. The zero-order valence-electron chi connectivity index (χ0n) is 16.0. The van der Waals surface area contributed by atoms with E-state index in [-0.39, 0.29) is 11.8 Å². The van der Waals surface area contributed by atoms with Crippen molar-refractivity contribution in [2.45, 2.75) is 19.3 Å². The number of hydrogen-bond acceptors (Lipinski definition) is 7. The Balaban J connectivity index is 1.28. The first-order chi connectivity index (χ1) is 13.1. The van der Waals surface area contributed by atoms with Crippen LogP contribution in [0.5, 0.6) is 0 Å². The van der Waals surface area contributed by atoms with Crippen molar-refractivity contribution in [1.29, 1.82) is 0 Å². The lowest BCUT2D eigenvalue weighted by Gasteiger charge is -2.36. The molecule has 3 saturated heterocycles. The molecule has 4 heterocycles. The summed E-state index contributed by atoms with van der Waals surface area (Å²) in [6, 6.07) is 1.82. The summed E-state index contributed by atoms with van der Waals surface area (Å²) in [6.07, 6.45) is 5.54. The summed E-state index contributed by atoms with van der Waals surface area (Å²) in [5.74, 6) is 0.851. The minimum Gasteiger partial charge on any atom is -0.338 e. The van der Waals surface area contributed by atoms with E-state index >= 15 is 0 Å². The van der Waals surface area contributed by atoms with Gasteiger partial charge in [0, 0.05) is 58.1 Å². The summed E-state index contributed by atoms with van der Waals surface area (Å²) in [7, 11) is 2.08. The molecule has 3 aliphatic heterocycles. The van der Waals surface area contributed by atoms with E-state index < -0.39 is 5.41 Å². The Morgan fingerprint density at radius 1 is 0.963 bits per heavy atom. The Labute approximate surface area is 160 Å². The quantitative estimate of drug-likeness (QED) is 0.693. The summed E-state index contributed by atoms with van der Waals surface area (Å²) in [4.78, 5) is 42.3. The van der Waals surface area contributed by atoms with Gasteiger partial charge in [0.15, 0.2) is 0 Å². The van der Waals surface area contributed by atoms with Crippen LogP contribution in [0.15, 0.2) is 18.5 Å². The number of nitrogens with zero attached hydrogens (tertiary/aromatic N) is 6. The maximum Gasteiger partial charge on any atom is 0.236 e. The van der Waals surface area contributed by atoms with Crippen molar-refractivity contribution in [3.05, 3.63) is 18.5 Å². The standard InChI is InChI=1S/C19H28N6O2/c1-22-7-3-19(4-8-22)15-16(26)25(17(19)27)14-11-23-9-12-24(13-10-23)18-20-5-2-6-21-18/h2,5-6H,3-4,7-15H2,1H3. The molecule has 1 spiro atoms. The van der Waals surface area contributed by atoms with Gasteiger partial charge in [-0.25, -0.2) is 9.97 Å². The number of piperidine rings is 1. The normalized spacial score (nSPS) is 24.2. The van der Waals surface area contributed by atoms with Gasteiger partial charge in [0.2, 0.25) is 17.8 Å². The van der Waals surface area contributed by atoms with Crippen molar-refractivity contribution in [3.8, 4) is 0 Å². The molecular formula is C19H28N6O2. The van der Waals surface area contributed by atoms with Gasteiger partial charge in [-0.1, -0.05) is 0 Å². The second-order valence-corrected chi connectivity index (χ2v) is 7.99. The molecule has 0 aromatic carbocycles. The van der Waals surface area contributed by atoms with E-state index in [0.717, 1.165) is 64.6 Å². The van der Waals surface area contributed by atoms with Gasteiger partial charge >= 0.3 is 0 Å². The van der Waals surface area contributed by atoms with E-state index in [2.05, 4.69) is 31.7 Å². The smallest absolute Gasteiger partial charge is 0.236 e. The Morgan fingerprint density at radius 2 is 1.63 bits per heavy atom. The SMILES string of the molecule is CN1CCC2(CC1)CC(=O)N(CCN1CCN(c3ncccn3)CC1)C2=O. The van der Waals surface area contributed by atoms with Crippen LogP contribution in [-0.2, 0) is 9.59 Å². The van der Waals surface area contributed by atoms with Crippen LogP contribution in [0.3, 0.4) is 0 Å². The molecule has 0 bridgehead atoms. The van der Waals surface area contributed by atoms with Gasteiger partial charge in [-0.15, -0.1) is 0 Å². The van der Waals surface area contributed by atoms with Gasteiger partial charge in [-0.05, 0) is 39.0 Å². The number of hydrogen-bond donors (Lipinski definition) is 0. The van der Waals surface area contributed by atoms with Crippen LogP contribution in [0.1, 0.15) is 19.3 Å². The van der Waals surface area contributed by atoms with Crippen LogP contribution in [0.4, 0.5) is 5.95 Å². The van der Waals surface area contributed by atoms with Gasteiger partial charge in [0.05, 0.1) is 5.41 Å². The molecule has 3 fully saturated rings. The summed E-state index contributed by atoms with van der Waals surface area (Å²) in [5.41, 5.74) is -0.424. The first-order valence-electron chi connectivity index (χ1n) is 9.85. The highest BCUT2D eigenvalue weighted by atomic mass is 16.2. The van der Waals surface area contributed by atoms with Gasteiger partial charge in [-0.2, -0.15) is 0 Å². The average molecular weight is 372 g/mol. The Hall–Kier alpha value is -2.06. The Bertz CT molecular complexity index is 681. The van der Waals surface area contributed by atoms with E-state index in [0.29, 0.717) is 13.0 Å². The van der Waals surface area contributed by atoms with E-state index in [1.165, 1.54) is 4.90 Å². The van der Waals surface area contributed by atoms with Gasteiger partial charge in [0.1, 0.15) is 0 Å². The van der Waals surface area contributed by atoms with Crippen molar-refractivity contribution in [2.24, 2.45) is 5.41 Å². The molecule has 8 heteroatoms. The largest absolute Gasteiger partial charge is 0.338 e. The van der Waals surface area contributed by atoms with Gasteiger partial charge < -0.3 is 9.80 Å². The van der Waals surface area contributed by atoms with Crippen LogP contribution >= 0.6 is 0 Å². The molecule has 1 aromatic heterocycles. The van der Waals surface area contributed by atoms with E-state index in [4.69, 9.17) is 0 Å². The summed E-state index contributed by atoms with van der Waals surface area (Å²) < 4.78 is 0. The average Bonchev–Trinajstić information content (AvgIpc) is 2.93. The molecule has 3 aliphatic rings. The number of anilines is 1. The van der Waals surface area contributed by atoms with E-state index in [1.54, 1.807) is 12.4 Å². The fourth-order valence-corrected chi connectivity index (χ4v) is 4.39. The minimum absolute atomic E-state index is 0.0147. The first-order valence-corrected chi connectivity index (χ1v) is 9.85. The third kappa shape index (κ3) is 3.68. The predicted molar refractivity (Wildman–Crippen MR) is 101 cm³/mol. The molecule has 146 valence electrons. The van der Waals surface area contributed by atoms with Crippen molar-refractivity contribution >= 4 is 17.8 Å². The molecule has 2 amide bonds. The second kappa shape index (κ2) is 7.52. The molecule has 27 heavy (non-hydrogen) atoms. The van der Waals surface area contributed by atoms with Crippen LogP contribution in [0, 0.1) is 5.41 Å². The highest BCUT2D eigenvalue weighted by Gasteiger charge is 2.51. The fourth-order valence-electron chi connectivity index (χ4n) is 4.39. The zero-order chi connectivity index (χ0) is 18.9. The minimum atomic E-state index is -0.424. The molecule has 8 nitrogen and oxygen atoms in total. The molecule has 1 aromatic rings. The molecular weight excluding hydrogens is 344 g/mol. The highest BCUT2D eigenvalue weighted by Crippen LogP contribution is 2.41. The fraction of sp³-hybridized carbons (Fsp3) is 0.684. The number of amides is 2. The number of rotatable bonds is 4. The maximum absolute atomic E-state index is 13.0.